The van der Waals surface area contributed by atoms with Gasteiger partial charge in [-0.15, -0.1) is 11.8 Å². The van der Waals surface area contributed by atoms with E-state index in [0.717, 1.165) is 23.7 Å². The average Bonchev–Trinajstić information content (AvgIpc) is 3.14. The molecule has 0 unspecified atom stereocenters. The highest BCUT2D eigenvalue weighted by molar-refractivity contribution is 7.97. The molecule has 3 rings (SSSR count). The van der Waals surface area contributed by atoms with Gasteiger partial charge in [-0.05, 0) is 49.1 Å². The smallest absolute Gasteiger partial charge is 0.287 e. The summed E-state index contributed by atoms with van der Waals surface area (Å²) in [6.45, 7) is 4.79. The van der Waals surface area contributed by atoms with Crippen LogP contribution < -0.4 is 5.32 Å². The number of amides is 1. The van der Waals surface area contributed by atoms with Gasteiger partial charge in [-0.3, -0.25) is 4.79 Å². The lowest BCUT2D eigenvalue weighted by Crippen LogP contribution is -2.25. The Morgan fingerprint density at radius 1 is 0.963 bits per heavy atom. The van der Waals surface area contributed by atoms with Crippen molar-refractivity contribution in [3.8, 4) is 0 Å². The van der Waals surface area contributed by atoms with Gasteiger partial charge in [0.25, 0.3) is 5.91 Å². The lowest BCUT2D eigenvalue weighted by molar-refractivity contribution is 0.0925. The Hall–Kier alpha value is -2.46. The molecule has 4 heteroatoms. The van der Waals surface area contributed by atoms with Gasteiger partial charge in [0.05, 0.1) is 5.75 Å². The zero-order valence-electron chi connectivity index (χ0n) is 15.8. The molecular weight excluding hydrogens is 354 g/mol. The lowest BCUT2D eigenvalue weighted by Gasteiger charge is -2.05. The molecule has 2 aromatic carbocycles. The van der Waals surface area contributed by atoms with E-state index in [1.807, 2.05) is 6.07 Å². The maximum absolute atomic E-state index is 12.2. The lowest BCUT2D eigenvalue weighted by atomic mass is 10.1. The molecule has 1 aromatic heterocycles. The maximum atomic E-state index is 12.2. The number of carbonyl (C=O) groups excluding carboxylic acids is 1. The monoisotopic (exact) mass is 379 g/mol. The summed E-state index contributed by atoms with van der Waals surface area (Å²) in [6, 6.07) is 20.4. The fourth-order valence-electron chi connectivity index (χ4n) is 2.77. The van der Waals surface area contributed by atoms with E-state index in [-0.39, 0.29) is 5.91 Å². The number of aryl methyl sites for hydroxylation is 2. The van der Waals surface area contributed by atoms with E-state index in [0.29, 0.717) is 12.3 Å². The number of nitrogens with one attached hydrogen (secondary N) is 1. The summed E-state index contributed by atoms with van der Waals surface area (Å²) >= 11 is 1.79. The number of benzene rings is 2. The van der Waals surface area contributed by atoms with Gasteiger partial charge >= 0.3 is 0 Å². The third kappa shape index (κ3) is 5.76. The first-order chi connectivity index (χ1) is 13.1. The summed E-state index contributed by atoms with van der Waals surface area (Å²) in [6.07, 6.45) is 0.811. The standard InChI is InChI=1S/C23H25NO2S/c1-17-7-9-19(10-8-17)13-14-24-23(25)22-12-11-21(26-22)16-27-15-20-6-4-3-5-18(20)2/h3-12H,13-16H2,1-2H3,(H,24,25). The number of hydrogen-bond acceptors (Lipinski definition) is 3. The number of furan rings is 1. The van der Waals surface area contributed by atoms with Crippen LogP contribution in [0.3, 0.4) is 0 Å². The molecule has 0 saturated heterocycles. The molecular formula is C23H25NO2S. The van der Waals surface area contributed by atoms with Crippen molar-refractivity contribution in [3.05, 3.63) is 94.4 Å². The van der Waals surface area contributed by atoms with Crippen molar-refractivity contribution in [2.75, 3.05) is 6.54 Å². The molecule has 0 aliphatic heterocycles. The van der Waals surface area contributed by atoms with Crippen molar-refractivity contribution in [1.29, 1.82) is 0 Å². The van der Waals surface area contributed by atoms with Crippen molar-refractivity contribution >= 4 is 17.7 Å². The molecule has 140 valence electrons. The largest absolute Gasteiger partial charge is 0.455 e. The Labute approximate surface area is 165 Å². The first kappa shape index (κ1) is 19.3. The molecule has 0 aliphatic carbocycles. The molecule has 0 saturated carbocycles. The highest BCUT2D eigenvalue weighted by atomic mass is 32.2. The van der Waals surface area contributed by atoms with E-state index >= 15 is 0 Å². The normalized spacial score (nSPS) is 10.7. The third-order valence-electron chi connectivity index (χ3n) is 4.47. The van der Waals surface area contributed by atoms with Gasteiger partial charge < -0.3 is 9.73 Å². The fourth-order valence-corrected chi connectivity index (χ4v) is 3.78. The van der Waals surface area contributed by atoms with E-state index in [1.54, 1.807) is 17.8 Å². The van der Waals surface area contributed by atoms with Crippen LogP contribution in [0.1, 0.15) is 38.6 Å². The maximum Gasteiger partial charge on any atom is 0.287 e. The van der Waals surface area contributed by atoms with Crippen molar-refractivity contribution in [2.24, 2.45) is 0 Å². The Bertz CT molecular complexity index is 883. The topological polar surface area (TPSA) is 42.2 Å². The van der Waals surface area contributed by atoms with Crippen LogP contribution in [0.15, 0.2) is 65.1 Å². The van der Waals surface area contributed by atoms with Crippen molar-refractivity contribution < 1.29 is 9.21 Å². The Balaban J connectivity index is 1.43. The zero-order chi connectivity index (χ0) is 19.1. The highest BCUT2D eigenvalue weighted by Crippen LogP contribution is 2.21. The molecule has 27 heavy (non-hydrogen) atoms. The summed E-state index contributed by atoms with van der Waals surface area (Å²) in [7, 11) is 0. The predicted octanol–water partition coefficient (Wildman–Crippen LogP) is 5.30. The van der Waals surface area contributed by atoms with Crippen LogP contribution in [0.25, 0.3) is 0 Å². The number of hydrogen-bond donors (Lipinski definition) is 1. The van der Waals surface area contributed by atoms with Gasteiger partial charge in [-0.2, -0.15) is 0 Å². The molecule has 1 amide bonds. The van der Waals surface area contributed by atoms with E-state index in [2.05, 4.69) is 67.7 Å². The van der Waals surface area contributed by atoms with E-state index in [9.17, 15) is 4.79 Å². The van der Waals surface area contributed by atoms with Crippen molar-refractivity contribution in [1.82, 2.24) is 5.32 Å². The molecule has 0 atom stereocenters. The molecule has 3 nitrogen and oxygen atoms in total. The molecule has 0 aliphatic rings. The van der Waals surface area contributed by atoms with Crippen LogP contribution >= 0.6 is 11.8 Å². The summed E-state index contributed by atoms with van der Waals surface area (Å²) in [5.74, 6) is 2.75. The van der Waals surface area contributed by atoms with Crippen LogP contribution in [0.5, 0.6) is 0 Å². The van der Waals surface area contributed by atoms with Crippen LogP contribution in [0.4, 0.5) is 0 Å². The minimum absolute atomic E-state index is 0.155. The second-order valence-corrected chi connectivity index (χ2v) is 7.66. The van der Waals surface area contributed by atoms with E-state index in [1.165, 1.54) is 22.3 Å². The fraction of sp³-hybridized carbons (Fsp3) is 0.261. The summed E-state index contributed by atoms with van der Waals surface area (Å²) in [5, 5.41) is 2.93. The van der Waals surface area contributed by atoms with Crippen LogP contribution in [0, 0.1) is 13.8 Å². The highest BCUT2D eigenvalue weighted by Gasteiger charge is 2.11. The summed E-state index contributed by atoms with van der Waals surface area (Å²) in [4.78, 5) is 12.2. The second kappa shape index (κ2) is 9.47. The van der Waals surface area contributed by atoms with E-state index in [4.69, 9.17) is 4.42 Å². The quantitative estimate of drug-likeness (QED) is 0.577. The van der Waals surface area contributed by atoms with Gasteiger partial charge in [0.2, 0.25) is 0 Å². The van der Waals surface area contributed by atoms with E-state index < -0.39 is 0 Å². The minimum Gasteiger partial charge on any atom is -0.455 e. The van der Waals surface area contributed by atoms with Gasteiger partial charge in [-0.25, -0.2) is 0 Å². The molecule has 0 spiro atoms. The molecule has 3 aromatic rings. The van der Waals surface area contributed by atoms with Crippen molar-refractivity contribution in [2.45, 2.75) is 31.8 Å². The molecule has 0 radical (unpaired) electrons. The Morgan fingerprint density at radius 3 is 2.52 bits per heavy atom. The third-order valence-corrected chi connectivity index (χ3v) is 5.47. The first-order valence-electron chi connectivity index (χ1n) is 9.16. The first-order valence-corrected chi connectivity index (χ1v) is 10.3. The van der Waals surface area contributed by atoms with Gasteiger partial charge in [-0.1, -0.05) is 54.1 Å². The van der Waals surface area contributed by atoms with Gasteiger partial charge in [0.15, 0.2) is 5.76 Å². The zero-order valence-corrected chi connectivity index (χ0v) is 16.6. The second-order valence-electron chi connectivity index (χ2n) is 6.68. The predicted molar refractivity (Wildman–Crippen MR) is 112 cm³/mol. The van der Waals surface area contributed by atoms with Gasteiger partial charge in [0.1, 0.15) is 5.76 Å². The van der Waals surface area contributed by atoms with Crippen LogP contribution in [-0.2, 0) is 17.9 Å². The molecule has 1 heterocycles. The number of carbonyl (C=O) groups is 1. The Kier molecular flexibility index (Phi) is 6.77. The van der Waals surface area contributed by atoms with Crippen molar-refractivity contribution in [3.63, 3.8) is 0 Å². The molecule has 1 N–H and O–H groups in total. The summed E-state index contributed by atoms with van der Waals surface area (Å²) < 4.78 is 5.70. The van der Waals surface area contributed by atoms with Crippen LogP contribution in [-0.4, -0.2) is 12.5 Å². The molecule has 0 bridgehead atoms. The number of thioether (sulfide) groups is 1. The van der Waals surface area contributed by atoms with Gasteiger partial charge in [0, 0.05) is 12.3 Å². The Morgan fingerprint density at radius 2 is 1.74 bits per heavy atom. The minimum atomic E-state index is -0.155. The summed E-state index contributed by atoms with van der Waals surface area (Å²) in [5.41, 5.74) is 5.10. The van der Waals surface area contributed by atoms with Crippen LogP contribution in [0.2, 0.25) is 0 Å². The SMILES string of the molecule is Cc1ccc(CCNC(=O)c2ccc(CSCc3ccccc3C)o2)cc1. The number of rotatable bonds is 8. The average molecular weight is 380 g/mol. The molecule has 0 fully saturated rings.